The van der Waals surface area contributed by atoms with Crippen molar-refractivity contribution < 1.29 is 9.18 Å². The number of nitrogens with two attached hydrogens (primary N) is 2. The fraction of sp³-hybridized carbons (Fsp3) is 0.227. The van der Waals surface area contributed by atoms with Crippen LogP contribution < -0.4 is 11.5 Å². The maximum absolute atomic E-state index is 14.3. The lowest BCUT2D eigenvalue weighted by atomic mass is 10.0. The van der Waals surface area contributed by atoms with Gasteiger partial charge in [0.25, 0.3) is 5.91 Å². The van der Waals surface area contributed by atoms with Crippen molar-refractivity contribution in [1.82, 2.24) is 9.88 Å². The minimum Gasteiger partial charge on any atom is -0.384 e. The SMILES string of the molecule is [C-]#[N+]c1ccc(-c2cc(C(=O)N3CCC[C@@H](N)C3)sc2-c2ccc(N)nc2)cc1F. The molecule has 0 bridgehead atoms. The number of carbonyl (C=O) groups is 1. The molecule has 1 atom stereocenters. The number of amides is 1. The van der Waals surface area contributed by atoms with Crippen LogP contribution in [0.2, 0.25) is 0 Å². The Morgan fingerprint density at radius 2 is 2.07 bits per heavy atom. The molecule has 1 aliphatic heterocycles. The molecule has 4 rings (SSSR count). The van der Waals surface area contributed by atoms with Crippen molar-refractivity contribution in [3.63, 3.8) is 0 Å². The van der Waals surface area contributed by atoms with Crippen LogP contribution in [0, 0.1) is 12.4 Å². The van der Waals surface area contributed by atoms with Crippen molar-refractivity contribution in [2.75, 3.05) is 18.8 Å². The fourth-order valence-corrected chi connectivity index (χ4v) is 4.72. The van der Waals surface area contributed by atoms with Gasteiger partial charge in [0.1, 0.15) is 11.6 Å². The lowest BCUT2D eigenvalue weighted by Crippen LogP contribution is -2.45. The second-order valence-corrected chi connectivity index (χ2v) is 8.31. The summed E-state index contributed by atoms with van der Waals surface area (Å²) in [7, 11) is 0. The lowest BCUT2D eigenvalue weighted by molar-refractivity contribution is 0.0714. The summed E-state index contributed by atoms with van der Waals surface area (Å²) in [6, 6.07) is 9.75. The molecule has 1 saturated heterocycles. The summed E-state index contributed by atoms with van der Waals surface area (Å²) in [6.07, 6.45) is 3.43. The maximum Gasteiger partial charge on any atom is 0.264 e. The van der Waals surface area contributed by atoms with Crippen molar-refractivity contribution in [2.24, 2.45) is 5.73 Å². The molecule has 8 heteroatoms. The Hall–Kier alpha value is -3.28. The van der Waals surface area contributed by atoms with Crippen molar-refractivity contribution in [3.8, 4) is 21.6 Å². The predicted molar refractivity (Wildman–Crippen MR) is 117 cm³/mol. The Bertz CT molecular complexity index is 1140. The van der Waals surface area contributed by atoms with Gasteiger partial charge in [-0.05, 0) is 42.7 Å². The van der Waals surface area contributed by atoms with E-state index in [0.717, 1.165) is 23.3 Å². The van der Waals surface area contributed by atoms with E-state index in [9.17, 15) is 9.18 Å². The van der Waals surface area contributed by atoms with E-state index in [4.69, 9.17) is 18.0 Å². The third-order valence-corrected chi connectivity index (χ3v) is 6.29. The van der Waals surface area contributed by atoms with Crippen LogP contribution in [0.3, 0.4) is 0 Å². The number of pyridine rings is 1. The molecule has 0 radical (unpaired) electrons. The Morgan fingerprint density at radius 3 is 2.73 bits per heavy atom. The van der Waals surface area contributed by atoms with E-state index in [1.807, 2.05) is 6.07 Å². The average molecular weight is 422 g/mol. The summed E-state index contributed by atoms with van der Waals surface area (Å²) < 4.78 is 14.3. The number of likely N-dealkylation sites (tertiary alicyclic amines) is 1. The molecule has 0 spiro atoms. The van der Waals surface area contributed by atoms with Gasteiger partial charge in [0.15, 0.2) is 0 Å². The first-order chi connectivity index (χ1) is 14.5. The topological polar surface area (TPSA) is 89.6 Å². The van der Waals surface area contributed by atoms with Gasteiger partial charge >= 0.3 is 0 Å². The van der Waals surface area contributed by atoms with Crippen LogP contribution in [0.15, 0.2) is 42.6 Å². The maximum atomic E-state index is 14.3. The third kappa shape index (κ3) is 3.90. The van der Waals surface area contributed by atoms with Gasteiger partial charge < -0.3 is 16.4 Å². The summed E-state index contributed by atoms with van der Waals surface area (Å²) in [5.74, 6) is -0.280. The molecule has 0 saturated carbocycles. The van der Waals surface area contributed by atoms with Crippen molar-refractivity contribution in [2.45, 2.75) is 18.9 Å². The number of hydrogen-bond acceptors (Lipinski definition) is 5. The predicted octanol–water partition coefficient (Wildman–Crippen LogP) is 4.31. The van der Waals surface area contributed by atoms with Crippen LogP contribution in [0.25, 0.3) is 26.4 Å². The molecule has 152 valence electrons. The molecular weight excluding hydrogens is 401 g/mol. The molecule has 0 aliphatic carbocycles. The van der Waals surface area contributed by atoms with E-state index in [2.05, 4.69) is 9.83 Å². The third-order valence-electron chi connectivity index (χ3n) is 5.12. The quantitative estimate of drug-likeness (QED) is 0.617. The summed E-state index contributed by atoms with van der Waals surface area (Å²) in [6.45, 7) is 8.25. The number of halogens is 1. The monoisotopic (exact) mass is 421 g/mol. The summed E-state index contributed by atoms with van der Waals surface area (Å²) in [5.41, 5.74) is 13.8. The van der Waals surface area contributed by atoms with Gasteiger partial charge in [-0.15, -0.1) is 11.3 Å². The first kappa shape index (κ1) is 20.0. The van der Waals surface area contributed by atoms with E-state index < -0.39 is 5.82 Å². The van der Waals surface area contributed by atoms with Crippen LogP contribution >= 0.6 is 11.3 Å². The molecular formula is C22H20FN5OS. The Morgan fingerprint density at radius 1 is 1.27 bits per heavy atom. The summed E-state index contributed by atoms with van der Waals surface area (Å²) >= 11 is 1.34. The number of anilines is 1. The zero-order chi connectivity index (χ0) is 21.3. The highest BCUT2D eigenvalue weighted by Gasteiger charge is 2.25. The van der Waals surface area contributed by atoms with Gasteiger partial charge in [-0.1, -0.05) is 12.1 Å². The van der Waals surface area contributed by atoms with Crippen LogP contribution in [0.4, 0.5) is 15.9 Å². The lowest BCUT2D eigenvalue weighted by Gasteiger charge is -2.30. The second kappa shape index (κ2) is 8.22. The molecule has 30 heavy (non-hydrogen) atoms. The van der Waals surface area contributed by atoms with Crippen LogP contribution in [-0.4, -0.2) is 34.9 Å². The molecule has 4 N–H and O–H groups in total. The Labute approximate surface area is 177 Å². The second-order valence-electron chi connectivity index (χ2n) is 7.26. The molecule has 1 amide bonds. The van der Waals surface area contributed by atoms with E-state index in [1.54, 1.807) is 29.3 Å². The smallest absolute Gasteiger partial charge is 0.264 e. The summed E-state index contributed by atoms with van der Waals surface area (Å²) in [4.78, 5) is 23.6. The van der Waals surface area contributed by atoms with Crippen LogP contribution in [0.5, 0.6) is 0 Å². The largest absolute Gasteiger partial charge is 0.384 e. The van der Waals surface area contributed by atoms with Gasteiger partial charge in [-0.3, -0.25) is 4.79 Å². The van der Waals surface area contributed by atoms with E-state index in [1.165, 1.54) is 23.5 Å². The van der Waals surface area contributed by atoms with Gasteiger partial charge in [0.05, 0.1) is 11.4 Å². The number of rotatable bonds is 3. The van der Waals surface area contributed by atoms with Crippen LogP contribution in [-0.2, 0) is 0 Å². The van der Waals surface area contributed by atoms with Crippen molar-refractivity contribution >= 4 is 28.7 Å². The molecule has 3 aromatic rings. The minimum absolute atomic E-state index is 0.0156. The number of benzene rings is 1. The highest BCUT2D eigenvalue weighted by atomic mass is 32.1. The highest BCUT2D eigenvalue weighted by molar-refractivity contribution is 7.18. The number of hydrogen-bond donors (Lipinski definition) is 2. The zero-order valence-electron chi connectivity index (χ0n) is 16.1. The molecule has 1 aliphatic rings. The van der Waals surface area contributed by atoms with Gasteiger partial charge in [-0.25, -0.2) is 14.2 Å². The molecule has 3 heterocycles. The Balaban J connectivity index is 1.79. The fourth-order valence-electron chi connectivity index (χ4n) is 3.58. The van der Waals surface area contributed by atoms with Gasteiger partial charge in [-0.2, -0.15) is 0 Å². The number of aromatic nitrogens is 1. The minimum atomic E-state index is -0.593. The molecule has 0 unspecified atom stereocenters. The van der Waals surface area contributed by atoms with Gasteiger partial charge in [0.2, 0.25) is 5.69 Å². The standard InChI is InChI=1S/C22H20FN5OS/c1-26-18-6-4-13(9-17(18)23)16-10-19(22(29)28-8-2-3-15(24)12-28)30-21(16)14-5-7-20(25)27-11-14/h4-7,9-11,15H,2-3,8,12,24H2,(H2,25,27)/t15-/m1/s1. The molecule has 6 nitrogen and oxygen atoms in total. The van der Waals surface area contributed by atoms with Crippen LogP contribution in [0.1, 0.15) is 22.5 Å². The molecule has 2 aromatic heterocycles. The number of thiophene rings is 1. The number of piperidine rings is 1. The van der Waals surface area contributed by atoms with E-state index >= 15 is 0 Å². The van der Waals surface area contributed by atoms with E-state index in [-0.39, 0.29) is 17.6 Å². The molecule has 1 fully saturated rings. The van der Waals surface area contributed by atoms with Crippen molar-refractivity contribution in [1.29, 1.82) is 0 Å². The number of carbonyl (C=O) groups excluding carboxylic acids is 1. The first-order valence-electron chi connectivity index (χ1n) is 9.54. The van der Waals surface area contributed by atoms with Gasteiger partial charge in [0, 0.05) is 41.3 Å². The average Bonchev–Trinajstić information content (AvgIpc) is 3.19. The number of nitrogen functional groups attached to an aromatic ring is 1. The van der Waals surface area contributed by atoms with Crippen molar-refractivity contribution in [3.05, 3.63) is 64.7 Å². The first-order valence-corrected chi connectivity index (χ1v) is 10.4. The Kier molecular flexibility index (Phi) is 5.48. The number of nitrogens with zero attached hydrogens (tertiary/aromatic N) is 3. The van der Waals surface area contributed by atoms with E-state index in [0.29, 0.717) is 34.9 Å². The zero-order valence-corrected chi connectivity index (χ0v) is 17.0. The summed E-state index contributed by atoms with van der Waals surface area (Å²) in [5, 5.41) is 0. The molecule has 1 aromatic carbocycles. The normalized spacial score (nSPS) is 16.3. The highest BCUT2D eigenvalue weighted by Crippen LogP contribution is 2.41.